The summed E-state index contributed by atoms with van der Waals surface area (Å²) in [6.07, 6.45) is 5.35. The van der Waals surface area contributed by atoms with Crippen molar-refractivity contribution in [3.8, 4) is 22.3 Å². The SMILES string of the molecule is c1ccc(-c2ccccc2-c2ccnnc2N2CCN(c3ncccn3)CC2)cc1. The first kappa shape index (κ1) is 18.2. The van der Waals surface area contributed by atoms with E-state index in [4.69, 9.17) is 0 Å². The van der Waals surface area contributed by atoms with Crippen LogP contribution < -0.4 is 9.80 Å². The van der Waals surface area contributed by atoms with Gasteiger partial charge in [-0.1, -0.05) is 54.6 Å². The highest BCUT2D eigenvalue weighted by molar-refractivity contribution is 5.88. The van der Waals surface area contributed by atoms with E-state index < -0.39 is 0 Å². The fourth-order valence-electron chi connectivity index (χ4n) is 3.93. The van der Waals surface area contributed by atoms with Crippen molar-refractivity contribution in [1.29, 1.82) is 0 Å². The van der Waals surface area contributed by atoms with Crippen molar-refractivity contribution in [3.05, 3.63) is 85.3 Å². The second-order valence-electron chi connectivity index (χ2n) is 7.20. The Balaban J connectivity index is 1.46. The molecule has 6 heteroatoms. The summed E-state index contributed by atoms with van der Waals surface area (Å²) < 4.78 is 0. The largest absolute Gasteiger partial charge is 0.351 e. The second-order valence-corrected chi connectivity index (χ2v) is 7.20. The Hall–Kier alpha value is -3.80. The van der Waals surface area contributed by atoms with Crippen LogP contribution in [-0.4, -0.2) is 46.3 Å². The van der Waals surface area contributed by atoms with Crippen molar-refractivity contribution in [2.75, 3.05) is 36.0 Å². The molecule has 0 amide bonds. The molecule has 0 saturated carbocycles. The topological polar surface area (TPSA) is 58.0 Å². The third kappa shape index (κ3) is 3.59. The summed E-state index contributed by atoms with van der Waals surface area (Å²) in [6.45, 7) is 3.38. The van der Waals surface area contributed by atoms with Crippen LogP contribution in [0.5, 0.6) is 0 Å². The highest BCUT2D eigenvalue weighted by Gasteiger charge is 2.23. The van der Waals surface area contributed by atoms with Gasteiger partial charge in [0.05, 0.1) is 6.20 Å². The van der Waals surface area contributed by atoms with E-state index in [1.165, 1.54) is 16.7 Å². The smallest absolute Gasteiger partial charge is 0.225 e. The molecule has 4 aromatic rings. The molecule has 6 nitrogen and oxygen atoms in total. The van der Waals surface area contributed by atoms with Gasteiger partial charge in [-0.3, -0.25) is 0 Å². The summed E-state index contributed by atoms with van der Waals surface area (Å²) in [4.78, 5) is 13.3. The molecule has 1 aliphatic rings. The van der Waals surface area contributed by atoms with Gasteiger partial charge in [-0.25, -0.2) is 9.97 Å². The molecule has 0 unspecified atom stereocenters. The lowest BCUT2D eigenvalue weighted by Crippen LogP contribution is -2.47. The molecule has 0 N–H and O–H groups in total. The van der Waals surface area contributed by atoms with Crippen LogP contribution in [0.4, 0.5) is 11.8 Å². The predicted octanol–water partition coefficient (Wildman–Crippen LogP) is 3.93. The average molecular weight is 394 g/mol. The fourth-order valence-corrected chi connectivity index (χ4v) is 3.93. The number of rotatable bonds is 4. The lowest BCUT2D eigenvalue weighted by Gasteiger charge is -2.36. The summed E-state index contributed by atoms with van der Waals surface area (Å²) >= 11 is 0. The van der Waals surface area contributed by atoms with Crippen molar-refractivity contribution in [2.24, 2.45) is 0 Å². The first-order valence-electron chi connectivity index (χ1n) is 10.1. The first-order valence-corrected chi connectivity index (χ1v) is 10.1. The number of hydrogen-bond acceptors (Lipinski definition) is 6. The standard InChI is InChI=1S/C24H22N6/c1-2-7-19(8-3-1)20-9-4-5-10-21(20)22-11-14-27-28-23(22)29-15-17-30(18-16-29)24-25-12-6-13-26-24/h1-14H,15-18H2. The number of hydrogen-bond donors (Lipinski definition) is 0. The predicted molar refractivity (Wildman–Crippen MR) is 119 cm³/mol. The molecule has 0 atom stereocenters. The van der Waals surface area contributed by atoms with E-state index in [1.807, 2.05) is 12.1 Å². The highest BCUT2D eigenvalue weighted by atomic mass is 15.3. The molecule has 30 heavy (non-hydrogen) atoms. The molecule has 0 bridgehead atoms. The summed E-state index contributed by atoms with van der Waals surface area (Å²) in [5.41, 5.74) is 4.67. The van der Waals surface area contributed by atoms with Crippen LogP contribution in [0, 0.1) is 0 Å². The molecule has 0 radical (unpaired) electrons. The molecular formula is C24H22N6. The number of aromatic nitrogens is 4. The Morgan fingerprint density at radius 1 is 0.567 bits per heavy atom. The summed E-state index contributed by atoms with van der Waals surface area (Å²) in [6, 6.07) is 22.9. The van der Waals surface area contributed by atoms with Gasteiger partial charge in [0.1, 0.15) is 0 Å². The van der Waals surface area contributed by atoms with Crippen LogP contribution in [-0.2, 0) is 0 Å². The van der Waals surface area contributed by atoms with Crippen LogP contribution in [0.2, 0.25) is 0 Å². The van der Waals surface area contributed by atoms with Crippen LogP contribution in [0.25, 0.3) is 22.3 Å². The van der Waals surface area contributed by atoms with Crippen molar-refractivity contribution in [1.82, 2.24) is 20.2 Å². The van der Waals surface area contributed by atoms with Gasteiger partial charge in [-0.2, -0.15) is 5.10 Å². The Labute approximate surface area is 175 Å². The molecule has 0 aliphatic carbocycles. The van der Waals surface area contributed by atoms with E-state index in [0.29, 0.717) is 0 Å². The third-order valence-corrected chi connectivity index (χ3v) is 5.42. The zero-order valence-electron chi connectivity index (χ0n) is 16.6. The molecule has 2 aromatic carbocycles. The molecule has 0 spiro atoms. The molecule has 1 saturated heterocycles. The molecule has 1 fully saturated rings. The second kappa shape index (κ2) is 8.29. The molecule has 148 valence electrons. The van der Waals surface area contributed by atoms with Crippen molar-refractivity contribution >= 4 is 11.8 Å². The first-order chi connectivity index (χ1) is 14.9. The minimum Gasteiger partial charge on any atom is -0.351 e. The van der Waals surface area contributed by atoms with Crippen molar-refractivity contribution in [3.63, 3.8) is 0 Å². The summed E-state index contributed by atoms with van der Waals surface area (Å²) in [5, 5.41) is 8.73. The Morgan fingerprint density at radius 2 is 1.23 bits per heavy atom. The van der Waals surface area contributed by atoms with Crippen LogP contribution in [0.15, 0.2) is 85.3 Å². The summed E-state index contributed by atoms with van der Waals surface area (Å²) in [5.74, 6) is 1.71. The minimum absolute atomic E-state index is 0.783. The van der Waals surface area contributed by atoms with Gasteiger partial charge >= 0.3 is 0 Å². The normalized spacial score (nSPS) is 14.0. The van der Waals surface area contributed by atoms with E-state index in [-0.39, 0.29) is 0 Å². The van der Waals surface area contributed by atoms with Crippen LogP contribution in [0.3, 0.4) is 0 Å². The monoisotopic (exact) mass is 394 g/mol. The molecular weight excluding hydrogens is 372 g/mol. The molecule has 1 aliphatic heterocycles. The maximum atomic E-state index is 4.54. The number of benzene rings is 2. The lowest BCUT2D eigenvalue weighted by molar-refractivity contribution is 0.632. The van der Waals surface area contributed by atoms with Crippen molar-refractivity contribution in [2.45, 2.75) is 0 Å². The number of piperazine rings is 1. The Kier molecular flexibility index (Phi) is 5.04. The van der Waals surface area contributed by atoms with Gasteiger partial charge < -0.3 is 9.80 Å². The summed E-state index contributed by atoms with van der Waals surface area (Å²) in [7, 11) is 0. The third-order valence-electron chi connectivity index (χ3n) is 5.42. The van der Waals surface area contributed by atoms with Gasteiger partial charge in [0, 0.05) is 44.1 Å². The Bertz CT molecular complexity index is 1110. The van der Waals surface area contributed by atoms with Crippen LogP contribution >= 0.6 is 0 Å². The molecule has 5 rings (SSSR count). The number of anilines is 2. The van der Waals surface area contributed by atoms with Gasteiger partial charge in [-0.05, 0) is 28.8 Å². The van der Waals surface area contributed by atoms with Gasteiger partial charge in [0.2, 0.25) is 5.95 Å². The maximum Gasteiger partial charge on any atom is 0.225 e. The quantitative estimate of drug-likeness (QED) is 0.523. The average Bonchev–Trinajstić information content (AvgIpc) is 2.85. The van der Waals surface area contributed by atoms with E-state index >= 15 is 0 Å². The van der Waals surface area contributed by atoms with E-state index in [1.54, 1.807) is 18.6 Å². The minimum atomic E-state index is 0.783. The van der Waals surface area contributed by atoms with Crippen LogP contribution in [0.1, 0.15) is 0 Å². The zero-order chi connectivity index (χ0) is 20.2. The lowest BCUT2D eigenvalue weighted by atomic mass is 9.95. The van der Waals surface area contributed by atoms with Gasteiger partial charge in [-0.15, -0.1) is 5.10 Å². The maximum absolute atomic E-state index is 4.54. The van der Waals surface area contributed by atoms with Gasteiger partial charge in [0.25, 0.3) is 0 Å². The van der Waals surface area contributed by atoms with E-state index in [9.17, 15) is 0 Å². The zero-order valence-corrected chi connectivity index (χ0v) is 16.6. The van der Waals surface area contributed by atoms with E-state index in [0.717, 1.165) is 43.5 Å². The fraction of sp³-hybridized carbons (Fsp3) is 0.167. The number of nitrogens with zero attached hydrogens (tertiary/aromatic N) is 6. The highest BCUT2D eigenvalue weighted by Crippen LogP contribution is 2.36. The van der Waals surface area contributed by atoms with E-state index in [2.05, 4.69) is 84.6 Å². The van der Waals surface area contributed by atoms with Gasteiger partial charge in [0.15, 0.2) is 5.82 Å². The molecule has 2 aromatic heterocycles. The van der Waals surface area contributed by atoms with Crippen molar-refractivity contribution < 1.29 is 0 Å². The molecule has 3 heterocycles. The Morgan fingerprint density at radius 3 is 2.00 bits per heavy atom.